The highest BCUT2D eigenvalue weighted by Crippen LogP contribution is 2.38. The molecule has 74 valence electrons. The molecule has 2 atom stereocenters. The van der Waals surface area contributed by atoms with Crippen LogP contribution in [0.5, 0.6) is 0 Å². The van der Waals surface area contributed by atoms with E-state index in [0.717, 1.165) is 11.1 Å². The third-order valence-corrected chi connectivity index (χ3v) is 4.41. The van der Waals surface area contributed by atoms with Crippen LogP contribution in [0.2, 0.25) is 0 Å². The Morgan fingerprint density at radius 2 is 2.46 bits per heavy atom. The van der Waals surface area contributed by atoms with Gasteiger partial charge in [0.25, 0.3) is 0 Å². The summed E-state index contributed by atoms with van der Waals surface area (Å²) in [6.45, 7) is 2.37. The summed E-state index contributed by atoms with van der Waals surface area (Å²) in [6.07, 6.45) is 5.46. The van der Waals surface area contributed by atoms with Crippen molar-refractivity contribution in [3.05, 3.63) is 0 Å². The van der Waals surface area contributed by atoms with E-state index >= 15 is 0 Å². The molecule has 0 radical (unpaired) electrons. The maximum Gasteiger partial charge on any atom is 0.156 e. The fraction of sp³-hybridized carbons (Fsp3) is 0.900. The van der Waals surface area contributed by atoms with Gasteiger partial charge in [0.1, 0.15) is 0 Å². The van der Waals surface area contributed by atoms with Gasteiger partial charge in [-0.05, 0) is 18.8 Å². The van der Waals surface area contributed by atoms with Gasteiger partial charge in [0.2, 0.25) is 0 Å². The number of rotatable bonds is 0. The van der Waals surface area contributed by atoms with Crippen molar-refractivity contribution in [1.82, 2.24) is 5.32 Å². The van der Waals surface area contributed by atoms with Crippen molar-refractivity contribution in [3.8, 4) is 0 Å². The van der Waals surface area contributed by atoms with Crippen LogP contribution in [0.4, 0.5) is 0 Å². The van der Waals surface area contributed by atoms with Gasteiger partial charge in [0.05, 0.1) is 0 Å². The molecular weight excluding hydrogens is 180 g/mol. The van der Waals surface area contributed by atoms with Crippen molar-refractivity contribution >= 4 is 16.9 Å². The maximum absolute atomic E-state index is 4.23. The van der Waals surface area contributed by atoms with E-state index in [9.17, 15) is 0 Å². The first-order valence-electron chi connectivity index (χ1n) is 5.12. The van der Waals surface area contributed by atoms with Crippen LogP contribution in [-0.4, -0.2) is 23.5 Å². The molecular formula is C10H18N2S. The smallest absolute Gasteiger partial charge is 0.156 e. The van der Waals surface area contributed by atoms with Gasteiger partial charge in [-0.15, -0.1) is 0 Å². The third kappa shape index (κ3) is 1.85. The first-order chi connectivity index (χ1) is 6.24. The molecule has 2 fully saturated rings. The average Bonchev–Trinajstić information content (AvgIpc) is 2.48. The van der Waals surface area contributed by atoms with Gasteiger partial charge in [0, 0.05) is 18.3 Å². The second kappa shape index (κ2) is 3.52. The quantitative estimate of drug-likeness (QED) is 0.645. The number of thioether (sulfide) groups is 1. The molecule has 3 heteroatoms. The topological polar surface area (TPSA) is 24.4 Å². The number of hydrogen-bond acceptors (Lipinski definition) is 2. The molecule has 1 saturated heterocycles. The molecule has 0 aromatic rings. The molecule has 2 unspecified atom stereocenters. The SMILES string of the molecule is CN=C1NC2(CCCC(C)C2)CS1. The monoisotopic (exact) mass is 198 g/mol. The highest BCUT2D eigenvalue weighted by molar-refractivity contribution is 8.14. The summed E-state index contributed by atoms with van der Waals surface area (Å²) in [5.41, 5.74) is 0.400. The van der Waals surface area contributed by atoms with Crippen LogP contribution < -0.4 is 5.32 Å². The van der Waals surface area contributed by atoms with E-state index in [1.165, 1.54) is 31.4 Å². The Bertz CT molecular complexity index is 227. The van der Waals surface area contributed by atoms with Gasteiger partial charge in [-0.3, -0.25) is 4.99 Å². The number of aliphatic imine (C=N–C) groups is 1. The summed E-state index contributed by atoms with van der Waals surface area (Å²) in [7, 11) is 1.88. The largest absolute Gasteiger partial charge is 0.359 e. The van der Waals surface area contributed by atoms with E-state index < -0.39 is 0 Å². The summed E-state index contributed by atoms with van der Waals surface area (Å²) in [5, 5.41) is 4.75. The highest BCUT2D eigenvalue weighted by atomic mass is 32.2. The minimum absolute atomic E-state index is 0.400. The van der Waals surface area contributed by atoms with Crippen LogP contribution in [0.25, 0.3) is 0 Å². The van der Waals surface area contributed by atoms with Crippen molar-refractivity contribution in [2.24, 2.45) is 10.9 Å². The minimum atomic E-state index is 0.400. The predicted molar refractivity (Wildman–Crippen MR) is 59.3 cm³/mol. The second-order valence-electron chi connectivity index (χ2n) is 4.42. The second-order valence-corrected chi connectivity index (χ2v) is 5.39. The Morgan fingerprint density at radius 3 is 3.08 bits per heavy atom. The van der Waals surface area contributed by atoms with E-state index in [2.05, 4.69) is 17.2 Å². The summed E-state index contributed by atoms with van der Waals surface area (Å²) in [5.74, 6) is 2.11. The standard InChI is InChI=1S/C10H18N2S/c1-8-4-3-5-10(6-8)7-13-9(11-2)12-10/h8H,3-7H2,1-2H3,(H,11,12). The summed E-state index contributed by atoms with van der Waals surface area (Å²) >= 11 is 1.89. The zero-order chi connectivity index (χ0) is 9.31. The zero-order valence-electron chi connectivity index (χ0n) is 8.47. The Balaban J connectivity index is 2.05. The van der Waals surface area contributed by atoms with Crippen LogP contribution in [0, 0.1) is 5.92 Å². The molecule has 1 heterocycles. The Hall–Kier alpha value is -0.180. The molecule has 1 spiro atoms. The molecule has 1 N–H and O–H groups in total. The van der Waals surface area contributed by atoms with Crippen LogP contribution in [0.15, 0.2) is 4.99 Å². The van der Waals surface area contributed by atoms with Crippen LogP contribution >= 0.6 is 11.8 Å². The van der Waals surface area contributed by atoms with Crippen LogP contribution in [-0.2, 0) is 0 Å². The lowest BCUT2D eigenvalue weighted by molar-refractivity contribution is 0.242. The van der Waals surface area contributed by atoms with Crippen LogP contribution in [0.1, 0.15) is 32.6 Å². The van der Waals surface area contributed by atoms with E-state index in [1.807, 2.05) is 18.8 Å². The third-order valence-electron chi connectivity index (χ3n) is 3.15. The van der Waals surface area contributed by atoms with E-state index in [1.54, 1.807) is 0 Å². The van der Waals surface area contributed by atoms with Gasteiger partial charge in [-0.1, -0.05) is 31.5 Å². The molecule has 2 nitrogen and oxygen atoms in total. The highest BCUT2D eigenvalue weighted by Gasteiger charge is 2.39. The molecule has 2 aliphatic rings. The van der Waals surface area contributed by atoms with E-state index in [0.29, 0.717) is 5.54 Å². The molecule has 1 aliphatic carbocycles. The maximum atomic E-state index is 4.23. The van der Waals surface area contributed by atoms with Crippen LogP contribution in [0.3, 0.4) is 0 Å². The molecule has 1 aliphatic heterocycles. The molecule has 1 saturated carbocycles. The number of hydrogen-bond donors (Lipinski definition) is 1. The Labute approximate surface area is 84.6 Å². The normalized spacial score (nSPS) is 42.6. The number of nitrogens with zero attached hydrogens (tertiary/aromatic N) is 1. The average molecular weight is 198 g/mol. The number of nitrogens with one attached hydrogen (secondary N) is 1. The van der Waals surface area contributed by atoms with Gasteiger partial charge in [-0.2, -0.15) is 0 Å². The summed E-state index contributed by atoms with van der Waals surface area (Å²) in [6, 6.07) is 0. The predicted octanol–water partition coefficient (Wildman–Crippen LogP) is 2.26. The lowest BCUT2D eigenvalue weighted by atomic mass is 9.78. The van der Waals surface area contributed by atoms with Gasteiger partial charge >= 0.3 is 0 Å². The van der Waals surface area contributed by atoms with Gasteiger partial charge < -0.3 is 5.32 Å². The van der Waals surface area contributed by atoms with Gasteiger partial charge in [-0.25, -0.2) is 0 Å². The first-order valence-corrected chi connectivity index (χ1v) is 6.10. The van der Waals surface area contributed by atoms with Crippen molar-refractivity contribution in [2.75, 3.05) is 12.8 Å². The summed E-state index contributed by atoms with van der Waals surface area (Å²) < 4.78 is 0. The van der Waals surface area contributed by atoms with Gasteiger partial charge in [0.15, 0.2) is 5.17 Å². The lowest BCUT2D eigenvalue weighted by Gasteiger charge is -2.36. The fourth-order valence-electron chi connectivity index (χ4n) is 2.53. The molecule has 2 rings (SSSR count). The molecule has 0 bridgehead atoms. The lowest BCUT2D eigenvalue weighted by Crippen LogP contribution is -2.47. The molecule has 13 heavy (non-hydrogen) atoms. The zero-order valence-corrected chi connectivity index (χ0v) is 9.28. The Kier molecular flexibility index (Phi) is 2.54. The molecule has 0 aromatic carbocycles. The van der Waals surface area contributed by atoms with Crippen molar-refractivity contribution in [2.45, 2.75) is 38.1 Å². The minimum Gasteiger partial charge on any atom is -0.359 e. The Morgan fingerprint density at radius 1 is 1.62 bits per heavy atom. The molecule has 0 amide bonds. The van der Waals surface area contributed by atoms with Crippen molar-refractivity contribution in [1.29, 1.82) is 0 Å². The molecule has 0 aromatic heterocycles. The summed E-state index contributed by atoms with van der Waals surface area (Å²) in [4.78, 5) is 4.23. The number of amidine groups is 1. The van der Waals surface area contributed by atoms with E-state index in [-0.39, 0.29) is 0 Å². The fourth-order valence-corrected chi connectivity index (χ4v) is 3.70. The van der Waals surface area contributed by atoms with Crippen molar-refractivity contribution in [3.63, 3.8) is 0 Å². The van der Waals surface area contributed by atoms with Crippen molar-refractivity contribution < 1.29 is 0 Å². The first kappa shape index (κ1) is 9.38. The van der Waals surface area contributed by atoms with E-state index in [4.69, 9.17) is 0 Å².